The molecule has 0 aliphatic heterocycles. The molecule has 0 saturated heterocycles. The molecule has 0 radical (unpaired) electrons. The summed E-state index contributed by atoms with van der Waals surface area (Å²) >= 11 is 0. The van der Waals surface area contributed by atoms with Crippen LogP contribution in [0.4, 0.5) is 5.69 Å². The highest BCUT2D eigenvalue weighted by molar-refractivity contribution is 6.36. The highest BCUT2D eigenvalue weighted by atomic mass is 16.6. The lowest BCUT2D eigenvalue weighted by atomic mass is 10.0. The lowest BCUT2D eigenvalue weighted by Gasteiger charge is -2.11. The zero-order valence-electron chi connectivity index (χ0n) is 12.5. The third-order valence-electron chi connectivity index (χ3n) is 3.25. The third-order valence-corrected chi connectivity index (χ3v) is 3.25. The Labute approximate surface area is 136 Å². The van der Waals surface area contributed by atoms with E-state index in [0.29, 0.717) is 0 Å². The molecule has 124 valence electrons. The molecule has 0 saturated carbocycles. The SMILES string of the molecule is O=C(O)/C(Cc1c(OCc2ccccc2)cccc1[N+](=O)[O-])=N\O. The second-order valence-corrected chi connectivity index (χ2v) is 4.81. The fraction of sp³-hybridized carbons (Fsp3) is 0.125. The van der Waals surface area contributed by atoms with E-state index in [1.807, 2.05) is 30.3 Å². The van der Waals surface area contributed by atoms with Gasteiger partial charge in [0, 0.05) is 12.5 Å². The minimum Gasteiger partial charge on any atom is -0.488 e. The Bertz CT molecular complexity index is 773. The Morgan fingerprint density at radius 3 is 2.46 bits per heavy atom. The van der Waals surface area contributed by atoms with Gasteiger partial charge in [-0.3, -0.25) is 10.1 Å². The molecule has 2 rings (SSSR count). The highest BCUT2D eigenvalue weighted by Crippen LogP contribution is 2.30. The van der Waals surface area contributed by atoms with Gasteiger partial charge in [-0.2, -0.15) is 0 Å². The Morgan fingerprint density at radius 1 is 1.17 bits per heavy atom. The number of carbonyl (C=O) groups is 1. The van der Waals surface area contributed by atoms with E-state index in [9.17, 15) is 14.9 Å². The van der Waals surface area contributed by atoms with Crippen molar-refractivity contribution in [1.29, 1.82) is 0 Å². The van der Waals surface area contributed by atoms with Crippen LogP contribution >= 0.6 is 0 Å². The summed E-state index contributed by atoms with van der Waals surface area (Å²) in [6.45, 7) is 0.160. The van der Waals surface area contributed by atoms with E-state index in [1.54, 1.807) is 0 Å². The van der Waals surface area contributed by atoms with E-state index in [-0.39, 0.29) is 23.6 Å². The standard InChI is InChI=1S/C16H14N2O6/c19-16(20)13(17-21)9-12-14(18(22)23)7-4-8-15(12)24-10-11-5-2-1-3-6-11/h1-8,21H,9-10H2,(H,19,20)/b17-13-. The number of carboxylic acid groups (broad SMARTS) is 1. The number of hydrogen-bond donors (Lipinski definition) is 2. The highest BCUT2D eigenvalue weighted by Gasteiger charge is 2.23. The van der Waals surface area contributed by atoms with Gasteiger partial charge in [-0.1, -0.05) is 41.6 Å². The van der Waals surface area contributed by atoms with E-state index < -0.39 is 23.0 Å². The van der Waals surface area contributed by atoms with E-state index in [2.05, 4.69) is 5.16 Å². The van der Waals surface area contributed by atoms with Gasteiger partial charge in [-0.25, -0.2) is 4.79 Å². The summed E-state index contributed by atoms with van der Waals surface area (Å²) in [7, 11) is 0. The average Bonchev–Trinajstić information content (AvgIpc) is 2.58. The average molecular weight is 330 g/mol. The van der Waals surface area contributed by atoms with Crippen molar-refractivity contribution in [2.24, 2.45) is 5.16 Å². The molecular weight excluding hydrogens is 316 g/mol. The first-order valence-electron chi connectivity index (χ1n) is 6.90. The summed E-state index contributed by atoms with van der Waals surface area (Å²) in [6, 6.07) is 13.3. The van der Waals surface area contributed by atoms with Crippen LogP contribution in [0.2, 0.25) is 0 Å². The van der Waals surface area contributed by atoms with Gasteiger partial charge in [0.25, 0.3) is 5.69 Å². The number of nitro groups is 1. The van der Waals surface area contributed by atoms with Crippen molar-refractivity contribution in [3.8, 4) is 5.75 Å². The zero-order valence-corrected chi connectivity index (χ0v) is 12.5. The predicted octanol–water partition coefficient (Wildman–Crippen LogP) is 2.63. The molecule has 0 aliphatic rings. The quantitative estimate of drug-likeness (QED) is 0.348. The van der Waals surface area contributed by atoms with Crippen LogP contribution in [-0.2, 0) is 17.8 Å². The van der Waals surface area contributed by atoms with Crippen molar-refractivity contribution in [2.45, 2.75) is 13.0 Å². The van der Waals surface area contributed by atoms with Crippen LogP contribution in [0.15, 0.2) is 53.7 Å². The van der Waals surface area contributed by atoms with Gasteiger partial charge in [-0.15, -0.1) is 0 Å². The predicted molar refractivity (Wildman–Crippen MR) is 84.4 cm³/mol. The van der Waals surface area contributed by atoms with Crippen LogP contribution in [0.3, 0.4) is 0 Å². The van der Waals surface area contributed by atoms with Crippen molar-refractivity contribution in [3.05, 3.63) is 69.8 Å². The summed E-state index contributed by atoms with van der Waals surface area (Å²) in [5.74, 6) is -1.31. The molecule has 0 aliphatic carbocycles. The molecule has 2 aromatic rings. The van der Waals surface area contributed by atoms with Crippen LogP contribution in [0.25, 0.3) is 0 Å². The number of nitrogens with zero attached hydrogens (tertiary/aromatic N) is 2. The Hall–Kier alpha value is -3.42. The topological polar surface area (TPSA) is 122 Å². The number of nitro benzene ring substituents is 1. The van der Waals surface area contributed by atoms with Gasteiger partial charge < -0.3 is 15.1 Å². The summed E-state index contributed by atoms with van der Waals surface area (Å²) in [6.07, 6.45) is -0.437. The molecule has 2 N–H and O–H groups in total. The Morgan fingerprint density at radius 2 is 1.88 bits per heavy atom. The van der Waals surface area contributed by atoms with Gasteiger partial charge in [0.15, 0.2) is 5.71 Å². The van der Waals surface area contributed by atoms with Crippen molar-refractivity contribution >= 4 is 17.4 Å². The minimum absolute atomic E-state index is 0.0358. The first kappa shape index (κ1) is 16.9. The summed E-state index contributed by atoms with van der Waals surface area (Å²) < 4.78 is 5.61. The number of carboxylic acids is 1. The molecule has 2 aromatic carbocycles. The number of aliphatic carboxylic acids is 1. The Kier molecular flexibility index (Phi) is 5.45. The zero-order chi connectivity index (χ0) is 17.5. The fourth-order valence-electron chi connectivity index (χ4n) is 2.09. The second-order valence-electron chi connectivity index (χ2n) is 4.81. The van der Waals surface area contributed by atoms with Crippen molar-refractivity contribution in [1.82, 2.24) is 0 Å². The first-order chi connectivity index (χ1) is 11.5. The number of hydrogen-bond acceptors (Lipinski definition) is 6. The number of ether oxygens (including phenoxy) is 1. The van der Waals surface area contributed by atoms with Crippen LogP contribution in [0.5, 0.6) is 5.75 Å². The molecule has 8 heteroatoms. The van der Waals surface area contributed by atoms with Crippen molar-refractivity contribution in [3.63, 3.8) is 0 Å². The lowest BCUT2D eigenvalue weighted by molar-refractivity contribution is -0.385. The number of rotatable bonds is 7. The van der Waals surface area contributed by atoms with Crippen LogP contribution in [0, 0.1) is 10.1 Å². The molecule has 0 spiro atoms. The maximum absolute atomic E-state index is 11.2. The van der Waals surface area contributed by atoms with Crippen molar-refractivity contribution < 1.29 is 24.8 Å². The maximum atomic E-state index is 11.2. The summed E-state index contributed by atoms with van der Waals surface area (Å²) in [5, 5.41) is 31.6. The van der Waals surface area contributed by atoms with Crippen molar-refractivity contribution in [2.75, 3.05) is 0 Å². The van der Waals surface area contributed by atoms with Crippen LogP contribution in [-0.4, -0.2) is 26.9 Å². The molecule has 0 heterocycles. The molecule has 0 bridgehead atoms. The maximum Gasteiger partial charge on any atom is 0.354 e. The molecule has 8 nitrogen and oxygen atoms in total. The smallest absolute Gasteiger partial charge is 0.354 e. The summed E-state index contributed by atoms with van der Waals surface area (Å²) in [4.78, 5) is 21.6. The molecular formula is C16H14N2O6. The summed E-state index contributed by atoms with van der Waals surface area (Å²) in [5.41, 5.74) is -0.0327. The van der Waals surface area contributed by atoms with E-state index in [1.165, 1.54) is 18.2 Å². The van der Waals surface area contributed by atoms with Gasteiger partial charge >= 0.3 is 5.97 Å². The third kappa shape index (κ3) is 4.07. The second kappa shape index (κ2) is 7.73. The van der Waals surface area contributed by atoms with Gasteiger partial charge in [0.2, 0.25) is 0 Å². The van der Waals surface area contributed by atoms with E-state index in [0.717, 1.165) is 5.56 Å². The molecule has 0 unspecified atom stereocenters. The Balaban J connectivity index is 2.34. The van der Waals surface area contributed by atoms with Crippen LogP contribution in [0.1, 0.15) is 11.1 Å². The molecule has 0 atom stereocenters. The van der Waals surface area contributed by atoms with E-state index in [4.69, 9.17) is 15.1 Å². The van der Waals surface area contributed by atoms with Gasteiger partial charge in [-0.05, 0) is 11.6 Å². The fourth-order valence-corrected chi connectivity index (χ4v) is 2.09. The van der Waals surface area contributed by atoms with Gasteiger partial charge in [0.1, 0.15) is 12.4 Å². The van der Waals surface area contributed by atoms with E-state index >= 15 is 0 Å². The molecule has 0 aromatic heterocycles. The lowest BCUT2D eigenvalue weighted by Crippen LogP contribution is -2.17. The monoisotopic (exact) mass is 330 g/mol. The molecule has 0 amide bonds. The van der Waals surface area contributed by atoms with Crippen LogP contribution < -0.4 is 4.74 Å². The number of oxime groups is 1. The largest absolute Gasteiger partial charge is 0.488 e. The normalized spacial score (nSPS) is 11.1. The first-order valence-corrected chi connectivity index (χ1v) is 6.90. The molecule has 0 fully saturated rings. The van der Waals surface area contributed by atoms with Gasteiger partial charge in [0.05, 0.1) is 10.5 Å². The minimum atomic E-state index is -1.47. The number of benzene rings is 2. The molecule has 24 heavy (non-hydrogen) atoms.